The summed E-state index contributed by atoms with van der Waals surface area (Å²) in [5.74, 6) is 0. The van der Waals surface area contributed by atoms with Gasteiger partial charge in [-0.1, -0.05) is 37.3 Å². The fourth-order valence-electron chi connectivity index (χ4n) is 1.75. The van der Waals surface area contributed by atoms with E-state index in [1.807, 2.05) is 49.4 Å². The van der Waals surface area contributed by atoms with Gasteiger partial charge in [-0.25, -0.2) is 0 Å². The Morgan fingerprint density at radius 3 is 2.59 bits per heavy atom. The van der Waals surface area contributed by atoms with Crippen LogP contribution in [0.5, 0.6) is 0 Å². The number of hydrogen-bond donors (Lipinski definition) is 0. The molecule has 0 N–H and O–H groups in total. The lowest BCUT2D eigenvalue weighted by atomic mass is 10.1. The largest absolute Gasteiger partial charge is 0.253 e. The third-order valence-electron chi connectivity index (χ3n) is 2.73. The van der Waals surface area contributed by atoms with Gasteiger partial charge < -0.3 is 0 Å². The highest BCUT2D eigenvalue weighted by Gasteiger charge is 2.15. The summed E-state index contributed by atoms with van der Waals surface area (Å²) >= 11 is 0. The summed E-state index contributed by atoms with van der Waals surface area (Å²) in [6, 6.07) is 15.7. The molecule has 0 heterocycles. The molecule has 2 unspecified atom stereocenters. The van der Waals surface area contributed by atoms with E-state index in [1.165, 1.54) is 0 Å². The van der Waals surface area contributed by atoms with Crippen LogP contribution >= 0.6 is 0 Å². The Labute approximate surface area is 103 Å². The smallest absolute Gasteiger partial charge is 0.126 e. The molecule has 0 saturated carbocycles. The zero-order valence-corrected chi connectivity index (χ0v) is 10.4. The van der Waals surface area contributed by atoms with Gasteiger partial charge in [0.15, 0.2) is 0 Å². The standard InChI is InChI=1S/C14H13NOS/c1-2-13(10-15)17(16)14-8-7-11-5-3-4-6-12(11)9-14/h3-9,13H,2H2,1H3. The van der Waals surface area contributed by atoms with Crippen molar-refractivity contribution in [3.05, 3.63) is 42.5 Å². The van der Waals surface area contributed by atoms with Gasteiger partial charge in [0, 0.05) is 4.90 Å². The van der Waals surface area contributed by atoms with Crippen LogP contribution in [0.2, 0.25) is 0 Å². The summed E-state index contributed by atoms with van der Waals surface area (Å²) in [5, 5.41) is 10.7. The Morgan fingerprint density at radius 2 is 1.94 bits per heavy atom. The minimum absolute atomic E-state index is 0.420. The number of nitriles is 1. The summed E-state index contributed by atoms with van der Waals surface area (Å²) in [6.07, 6.45) is 0.607. The molecule has 0 saturated heterocycles. The molecule has 0 spiro atoms. The minimum Gasteiger partial charge on any atom is -0.253 e. The predicted octanol–water partition coefficient (Wildman–Crippen LogP) is 3.25. The number of rotatable bonds is 3. The summed E-state index contributed by atoms with van der Waals surface area (Å²) in [7, 11) is -1.24. The minimum atomic E-state index is -1.24. The third-order valence-corrected chi connectivity index (χ3v) is 4.40. The first-order valence-electron chi connectivity index (χ1n) is 5.55. The summed E-state index contributed by atoms with van der Waals surface area (Å²) < 4.78 is 12.1. The number of benzene rings is 2. The lowest BCUT2D eigenvalue weighted by Gasteiger charge is -2.07. The van der Waals surface area contributed by atoms with E-state index >= 15 is 0 Å². The summed E-state index contributed by atoms with van der Waals surface area (Å²) in [6.45, 7) is 1.88. The maximum Gasteiger partial charge on any atom is 0.126 e. The first-order valence-corrected chi connectivity index (χ1v) is 6.76. The number of fused-ring (bicyclic) bond motifs is 1. The van der Waals surface area contributed by atoms with E-state index in [-0.39, 0.29) is 0 Å². The van der Waals surface area contributed by atoms with Crippen LogP contribution in [0, 0.1) is 11.3 Å². The SMILES string of the molecule is CCC(C#N)S(=O)c1ccc2ccccc2c1. The number of hydrogen-bond acceptors (Lipinski definition) is 2. The van der Waals surface area contributed by atoms with Crippen LogP contribution in [0.3, 0.4) is 0 Å². The van der Waals surface area contributed by atoms with Crippen LogP contribution in [0.4, 0.5) is 0 Å². The molecule has 86 valence electrons. The van der Waals surface area contributed by atoms with Crippen LogP contribution in [0.1, 0.15) is 13.3 Å². The van der Waals surface area contributed by atoms with Gasteiger partial charge in [0.1, 0.15) is 5.25 Å². The molecule has 0 aliphatic carbocycles. The van der Waals surface area contributed by atoms with Gasteiger partial charge >= 0.3 is 0 Å². The Balaban J connectivity index is 2.43. The highest BCUT2D eigenvalue weighted by atomic mass is 32.2. The fraction of sp³-hybridized carbons (Fsp3) is 0.214. The van der Waals surface area contributed by atoms with Crippen molar-refractivity contribution in [3.63, 3.8) is 0 Å². The average molecular weight is 243 g/mol. The number of nitrogens with zero attached hydrogens (tertiary/aromatic N) is 1. The quantitative estimate of drug-likeness (QED) is 0.830. The van der Waals surface area contributed by atoms with E-state index < -0.39 is 16.0 Å². The first kappa shape index (κ1) is 11.8. The molecule has 3 heteroatoms. The Hall–Kier alpha value is -1.66. The van der Waals surface area contributed by atoms with Crippen molar-refractivity contribution in [1.29, 1.82) is 5.26 Å². The second kappa shape index (κ2) is 5.11. The van der Waals surface area contributed by atoms with Gasteiger partial charge in [-0.15, -0.1) is 0 Å². The average Bonchev–Trinajstić information content (AvgIpc) is 2.39. The van der Waals surface area contributed by atoms with Crippen LogP contribution in [0.15, 0.2) is 47.4 Å². The molecule has 2 aromatic carbocycles. The van der Waals surface area contributed by atoms with Crippen molar-refractivity contribution in [2.75, 3.05) is 0 Å². The topological polar surface area (TPSA) is 40.9 Å². The second-order valence-electron chi connectivity index (χ2n) is 3.83. The van der Waals surface area contributed by atoms with Gasteiger partial charge in [-0.3, -0.25) is 4.21 Å². The molecule has 2 rings (SSSR count). The second-order valence-corrected chi connectivity index (χ2v) is 5.47. The van der Waals surface area contributed by atoms with E-state index in [9.17, 15) is 4.21 Å². The zero-order chi connectivity index (χ0) is 12.3. The van der Waals surface area contributed by atoms with E-state index in [4.69, 9.17) is 5.26 Å². The lowest BCUT2D eigenvalue weighted by molar-refractivity contribution is 0.676. The van der Waals surface area contributed by atoms with Crippen LogP contribution in [-0.2, 0) is 10.8 Å². The molecule has 2 nitrogen and oxygen atoms in total. The highest BCUT2D eigenvalue weighted by Crippen LogP contribution is 2.20. The highest BCUT2D eigenvalue weighted by molar-refractivity contribution is 7.86. The molecule has 2 aromatic rings. The maximum absolute atomic E-state index is 12.1. The predicted molar refractivity (Wildman–Crippen MR) is 70.0 cm³/mol. The molecule has 0 aliphatic rings. The van der Waals surface area contributed by atoms with Gasteiger partial charge in [-0.2, -0.15) is 5.26 Å². The Morgan fingerprint density at radius 1 is 1.24 bits per heavy atom. The molecule has 17 heavy (non-hydrogen) atoms. The van der Waals surface area contributed by atoms with Crippen LogP contribution in [-0.4, -0.2) is 9.46 Å². The van der Waals surface area contributed by atoms with Gasteiger partial charge in [-0.05, 0) is 29.3 Å². The van der Waals surface area contributed by atoms with E-state index in [1.54, 1.807) is 0 Å². The maximum atomic E-state index is 12.1. The van der Waals surface area contributed by atoms with E-state index in [2.05, 4.69) is 6.07 Å². The van der Waals surface area contributed by atoms with Gasteiger partial charge in [0.25, 0.3) is 0 Å². The zero-order valence-electron chi connectivity index (χ0n) is 9.59. The monoisotopic (exact) mass is 243 g/mol. The van der Waals surface area contributed by atoms with Gasteiger partial charge in [0.05, 0.1) is 16.9 Å². The third kappa shape index (κ3) is 2.37. The molecule has 0 aliphatic heterocycles. The molecule has 0 amide bonds. The van der Waals surface area contributed by atoms with Crippen molar-refractivity contribution in [1.82, 2.24) is 0 Å². The molecule has 0 bridgehead atoms. The lowest BCUT2D eigenvalue weighted by Crippen LogP contribution is -2.11. The molecule has 0 radical (unpaired) electrons. The van der Waals surface area contributed by atoms with Gasteiger partial charge in [0.2, 0.25) is 0 Å². The van der Waals surface area contributed by atoms with Crippen molar-refractivity contribution >= 4 is 21.6 Å². The molecular formula is C14H13NOS. The Bertz CT molecular complexity index is 600. The Kier molecular flexibility index (Phi) is 3.55. The van der Waals surface area contributed by atoms with Crippen molar-refractivity contribution < 1.29 is 4.21 Å². The summed E-state index contributed by atoms with van der Waals surface area (Å²) in [4.78, 5) is 0.733. The van der Waals surface area contributed by atoms with Crippen LogP contribution in [0.25, 0.3) is 10.8 Å². The molecular weight excluding hydrogens is 230 g/mol. The van der Waals surface area contributed by atoms with Crippen molar-refractivity contribution in [2.24, 2.45) is 0 Å². The van der Waals surface area contributed by atoms with Crippen molar-refractivity contribution in [3.8, 4) is 6.07 Å². The fourth-order valence-corrected chi connectivity index (χ4v) is 2.92. The van der Waals surface area contributed by atoms with E-state index in [0.717, 1.165) is 15.7 Å². The van der Waals surface area contributed by atoms with Crippen molar-refractivity contribution in [2.45, 2.75) is 23.5 Å². The first-order chi connectivity index (χ1) is 8.26. The summed E-state index contributed by atoms with van der Waals surface area (Å²) in [5.41, 5.74) is 0. The normalized spacial score (nSPS) is 14.1. The molecule has 0 fully saturated rings. The van der Waals surface area contributed by atoms with E-state index in [0.29, 0.717) is 6.42 Å². The molecule has 0 aromatic heterocycles. The van der Waals surface area contributed by atoms with Crippen LogP contribution < -0.4 is 0 Å². The molecule has 2 atom stereocenters.